The summed E-state index contributed by atoms with van der Waals surface area (Å²) in [5.74, 6) is -0.217. The average molecular weight is 304 g/mol. The second-order valence-corrected chi connectivity index (χ2v) is 6.98. The van der Waals surface area contributed by atoms with Crippen LogP contribution in [0.3, 0.4) is 0 Å². The predicted octanol–water partition coefficient (Wildman–Crippen LogP) is 5.52. The van der Waals surface area contributed by atoms with Crippen molar-refractivity contribution in [3.8, 4) is 0 Å². The van der Waals surface area contributed by atoms with Gasteiger partial charge in [0.1, 0.15) is 5.82 Å². The standard InChI is InChI=1S/C18H19ClFN/c1-11-4-7-14(20)9-16(11)21-17-15-8-13(19)6-5-12(15)10-18(17,2)3/h4-9,17,21H,10H2,1-3H3. The summed E-state index contributed by atoms with van der Waals surface area (Å²) in [6, 6.07) is 11.0. The minimum absolute atomic E-state index is 0.0613. The smallest absolute Gasteiger partial charge is 0.125 e. The Kier molecular flexibility index (Phi) is 3.45. The van der Waals surface area contributed by atoms with Gasteiger partial charge < -0.3 is 5.32 Å². The molecular weight excluding hydrogens is 285 g/mol. The maximum atomic E-state index is 13.5. The fraction of sp³-hybridized carbons (Fsp3) is 0.333. The molecule has 0 aliphatic heterocycles. The first-order valence-corrected chi connectivity index (χ1v) is 7.56. The Balaban J connectivity index is 2.01. The molecule has 0 bridgehead atoms. The summed E-state index contributed by atoms with van der Waals surface area (Å²) in [4.78, 5) is 0. The van der Waals surface area contributed by atoms with Gasteiger partial charge in [-0.3, -0.25) is 0 Å². The second kappa shape index (κ2) is 5.03. The number of rotatable bonds is 2. The zero-order chi connectivity index (χ0) is 15.2. The number of fused-ring (bicyclic) bond motifs is 1. The van der Waals surface area contributed by atoms with Gasteiger partial charge in [-0.25, -0.2) is 4.39 Å². The number of aryl methyl sites for hydroxylation is 1. The van der Waals surface area contributed by atoms with Crippen molar-refractivity contribution in [3.05, 3.63) is 63.9 Å². The Morgan fingerprint density at radius 2 is 1.95 bits per heavy atom. The van der Waals surface area contributed by atoms with E-state index in [1.54, 1.807) is 12.1 Å². The Hall–Kier alpha value is -1.54. The molecule has 1 nitrogen and oxygen atoms in total. The summed E-state index contributed by atoms with van der Waals surface area (Å²) in [5, 5.41) is 4.27. The van der Waals surface area contributed by atoms with Crippen LogP contribution in [0.4, 0.5) is 10.1 Å². The molecule has 21 heavy (non-hydrogen) atoms. The lowest BCUT2D eigenvalue weighted by Gasteiger charge is -2.30. The van der Waals surface area contributed by atoms with Gasteiger partial charge in [0.15, 0.2) is 0 Å². The van der Waals surface area contributed by atoms with E-state index in [1.807, 2.05) is 19.1 Å². The topological polar surface area (TPSA) is 12.0 Å². The Labute approximate surface area is 130 Å². The molecule has 0 saturated heterocycles. The molecule has 2 aromatic carbocycles. The van der Waals surface area contributed by atoms with Crippen LogP contribution in [-0.4, -0.2) is 0 Å². The normalized spacial score (nSPS) is 19.4. The van der Waals surface area contributed by atoms with Gasteiger partial charge in [0.25, 0.3) is 0 Å². The number of anilines is 1. The van der Waals surface area contributed by atoms with E-state index in [1.165, 1.54) is 17.2 Å². The molecule has 110 valence electrons. The highest BCUT2D eigenvalue weighted by Crippen LogP contribution is 2.47. The zero-order valence-corrected chi connectivity index (χ0v) is 13.3. The first-order chi connectivity index (χ1) is 9.87. The predicted molar refractivity (Wildman–Crippen MR) is 86.4 cm³/mol. The van der Waals surface area contributed by atoms with E-state index in [9.17, 15) is 4.39 Å². The van der Waals surface area contributed by atoms with Crippen LogP contribution in [-0.2, 0) is 6.42 Å². The monoisotopic (exact) mass is 303 g/mol. The van der Waals surface area contributed by atoms with Gasteiger partial charge in [0.05, 0.1) is 6.04 Å². The summed E-state index contributed by atoms with van der Waals surface area (Å²) in [5.41, 5.74) is 4.49. The van der Waals surface area contributed by atoms with Crippen molar-refractivity contribution in [2.75, 3.05) is 5.32 Å². The minimum Gasteiger partial charge on any atom is -0.377 e. The minimum atomic E-state index is -0.217. The first-order valence-electron chi connectivity index (χ1n) is 7.18. The summed E-state index contributed by atoms with van der Waals surface area (Å²) in [6.07, 6.45) is 0.992. The molecule has 3 heteroatoms. The van der Waals surface area contributed by atoms with Crippen LogP contribution in [0.1, 0.15) is 36.6 Å². The molecule has 2 aromatic rings. The highest BCUT2D eigenvalue weighted by atomic mass is 35.5. The second-order valence-electron chi connectivity index (χ2n) is 6.55. The van der Waals surface area contributed by atoms with Crippen LogP contribution < -0.4 is 5.32 Å². The Morgan fingerprint density at radius 3 is 2.71 bits per heavy atom. The van der Waals surface area contributed by atoms with Crippen molar-refractivity contribution in [1.82, 2.24) is 0 Å². The van der Waals surface area contributed by atoms with Crippen molar-refractivity contribution in [1.29, 1.82) is 0 Å². The first kappa shape index (κ1) is 14.4. The molecule has 3 rings (SSSR count). The van der Waals surface area contributed by atoms with Crippen LogP contribution in [0.2, 0.25) is 5.02 Å². The van der Waals surface area contributed by atoms with E-state index < -0.39 is 0 Å². The van der Waals surface area contributed by atoms with Crippen molar-refractivity contribution < 1.29 is 4.39 Å². The van der Waals surface area contributed by atoms with E-state index in [0.29, 0.717) is 0 Å². The Morgan fingerprint density at radius 1 is 1.19 bits per heavy atom. The summed E-state index contributed by atoms with van der Waals surface area (Å²) >= 11 is 6.15. The third-order valence-electron chi connectivity index (χ3n) is 4.35. The molecule has 1 aliphatic carbocycles. The molecule has 1 N–H and O–H groups in total. The number of halogens is 2. The highest BCUT2D eigenvalue weighted by molar-refractivity contribution is 6.30. The Bertz CT molecular complexity index is 694. The molecule has 1 atom stereocenters. The molecule has 1 unspecified atom stereocenters. The molecule has 0 radical (unpaired) electrons. The fourth-order valence-corrected chi connectivity index (χ4v) is 3.37. The van der Waals surface area contributed by atoms with Crippen molar-refractivity contribution in [3.63, 3.8) is 0 Å². The molecule has 0 amide bonds. The summed E-state index contributed by atoms with van der Waals surface area (Å²) < 4.78 is 13.5. The molecule has 1 aliphatic rings. The maximum Gasteiger partial charge on any atom is 0.125 e. The van der Waals surface area contributed by atoms with E-state index in [-0.39, 0.29) is 17.3 Å². The lowest BCUT2D eigenvalue weighted by atomic mass is 9.85. The van der Waals surface area contributed by atoms with E-state index >= 15 is 0 Å². The zero-order valence-electron chi connectivity index (χ0n) is 12.5. The van der Waals surface area contributed by atoms with Crippen molar-refractivity contribution in [2.45, 2.75) is 33.2 Å². The number of nitrogens with one attached hydrogen (secondary N) is 1. The van der Waals surface area contributed by atoms with Gasteiger partial charge in [-0.05, 0) is 59.7 Å². The molecular formula is C18H19ClFN. The lowest BCUT2D eigenvalue weighted by molar-refractivity contribution is 0.337. The maximum absolute atomic E-state index is 13.5. The fourth-order valence-electron chi connectivity index (χ4n) is 3.19. The summed E-state index contributed by atoms with van der Waals surface area (Å²) in [6.45, 7) is 6.45. The third-order valence-corrected chi connectivity index (χ3v) is 4.58. The largest absolute Gasteiger partial charge is 0.377 e. The number of hydrogen-bond acceptors (Lipinski definition) is 1. The van der Waals surface area contributed by atoms with E-state index in [2.05, 4.69) is 25.2 Å². The van der Waals surface area contributed by atoms with Gasteiger partial charge in [0.2, 0.25) is 0 Å². The van der Waals surface area contributed by atoms with Gasteiger partial charge in [-0.2, -0.15) is 0 Å². The summed E-state index contributed by atoms with van der Waals surface area (Å²) in [7, 11) is 0. The quantitative estimate of drug-likeness (QED) is 0.770. The third kappa shape index (κ3) is 2.65. The molecule has 0 heterocycles. The van der Waals surface area contributed by atoms with Gasteiger partial charge in [-0.1, -0.05) is 37.6 Å². The SMILES string of the molecule is Cc1ccc(F)cc1NC1c2cc(Cl)ccc2CC1(C)C. The molecule has 0 aromatic heterocycles. The molecule has 0 fully saturated rings. The highest BCUT2D eigenvalue weighted by Gasteiger charge is 2.39. The van der Waals surface area contributed by atoms with Gasteiger partial charge in [0, 0.05) is 10.7 Å². The number of hydrogen-bond donors (Lipinski definition) is 1. The van der Waals surface area contributed by atoms with Gasteiger partial charge >= 0.3 is 0 Å². The van der Waals surface area contributed by atoms with Crippen LogP contribution in [0, 0.1) is 18.2 Å². The molecule has 0 spiro atoms. The average Bonchev–Trinajstić information content (AvgIpc) is 2.65. The van der Waals surface area contributed by atoms with Crippen LogP contribution >= 0.6 is 11.6 Å². The lowest BCUT2D eigenvalue weighted by Crippen LogP contribution is -2.24. The van der Waals surface area contributed by atoms with Crippen LogP contribution in [0.5, 0.6) is 0 Å². The van der Waals surface area contributed by atoms with Crippen LogP contribution in [0.25, 0.3) is 0 Å². The van der Waals surface area contributed by atoms with E-state index in [4.69, 9.17) is 11.6 Å². The van der Waals surface area contributed by atoms with Crippen molar-refractivity contribution in [2.24, 2.45) is 5.41 Å². The number of benzene rings is 2. The molecule has 0 saturated carbocycles. The van der Waals surface area contributed by atoms with Crippen molar-refractivity contribution >= 4 is 17.3 Å². The van der Waals surface area contributed by atoms with E-state index in [0.717, 1.165) is 22.7 Å². The van der Waals surface area contributed by atoms with Gasteiger partial charge in [-0.15, -0.1) is 0 Å². The van der Waals surface area contributed by atoms with Crippen LogP contribution in [0.15, 0.2) is 36.4 Å².